The fourth-order valence-corrected chi connectivity index (χ4v) is 4.22. The first-order valence-corrected chi connectivity index (χ1v) is 9.29. The summed E-state index contributed by atoms with van der Waals surface area (Å²) in [4.78, 5) is 14.1. The Morgan fingerprint density at radius 3 is 2.60 bits per heavy atom. The van der Waals surface area contributed by atoms with Crippen LogP contribution in [0.25, 0.3) is 11.3 Å². The lowest BCUT2D eigenvalue weighted by Gasteiger charge is -2.36. The molecule has 0 amide bonds. The number of benzene rings is 1. The lowest BCUT2D eigenvalue weighted by atomic mass is 10.0. The van der Waals surface area contributed by atoms with E-state index in [1.54, 1.807) is 0 Å². The van der Waals surface area contributed by atoms with E-state index in [1.807, 2.05) is 0 Å². The summed E-state index contributed by atoms with van der Waals surface area (Å²) in [5.74, 6) is 1.46. The Labute approximate surface area is 149 Å². The lowest BCUT2D eigenvalue weighted by molar-refractivity contribution is 0.249. The van der Waals surface area contributed by atoms with Crippen LogP contribution in [0, 0.1) is 0 Å². The summed E-state index contributed by atoms with van der Waals surface area (Å²) in [5, 5.41) is 0. The number of nitrogen functional groups attached to an aromatic ring is 1. The first kappa shape index (κ1) is 16.3. The van der Waals surface area contributed by atoms with Crippen molar-refractivity contribution in [3.63, 3.8) is 0 Å². The van der Waals surface area contributed by atoms with Crippen molar-refractivity contribution in [2.24, 2.45) is 0 Å². The molecule has 0 atom stereocenters. The number of fused-ring (bicyclic) bond motifs is 3. The van der Waals surface area contributed by atoms with Crippen LogP contribution in [0.5, 0.6) is 0 Å². The average molecular weight is 337 g/mol. The molecule has 1 aromatic heterocycles. The topological polar surface area (TPSA) is 58.3 Å². The smallest absolute Gasteiger partial charge is 0.222 e. The van der Waals surface area contributed by atoms with Gasteiger partial charge in [-0.3, -0.25) is 0 Å². The molecule has 1 aliphatic carbocycles. The van der Waals surface area contributed by atoms with E-state index in [2.05, 4.69) is 58.1 Å². The van der Waals surface area contributed by atoms with E-state index in [9.17, 15) is 0 Å². The number of nitrogens with two attached hydrogens (primary N) is 1. The minimum atomic E-state index is 0.389. The number of piperidine rings is 1. The van der Waals surface area contributed by atoms with Gasteiger partial charge < -0.3 is 15.5 Å². The third-order valence-corrected chi connectivity index (χ3v) is 5.64. The molecular formula is C20H27N5. The van der Waals surface area contributed by atoms with E-state index in [0.29, 0.717) is 12.0 Å². The molecule has 4 rings (SSSR count). The average Bonchev–Trinajstić information content (AvgIpc) is 2.81. The normalized spacial score (nSPS) is 18.0. The molecule has 0 radical (unpaired) electrons. The summed E-state index contributed by atoms with van der Waals surface area (Å²) in [5.41, 5.74) is 11.0. The summed E-state index contributed by atoms with van der Waals surface area (Å²) >= 11 is 0. The summed E-state index contributed by atoms with van der Waals surface area (Å²) in [7, 11) is 4.35. The van der Waals surface area contributed by atoms with Gasteiger partial charge in [0.25, 0.3) is 0 Å². The van der Waals surface area contributed by atoms with E-state index in [4.69, 9.17) is 5.73 Å². The minimum Gasteiger partial charge on any atom is -0.368 e. The molecule has 132 valence electrons. The molecule has 1 fully saturated rings. The Bertz CT molecular complexity index is 763. The first-order valence-electron chi connectivity index (χ1n) is 9.29. The molecule has 2 heterocycles. The van der Waals surface area contributed by atoms with Gasteiger partial charge in [0.1, 0.15) is 5.82 Å². The fraction of sp³-hybridized carbons (Fsp3) is 0.500. The van der Waals surface area contributed by atoms with E-state index in [1.165, 1.54) is 29.5 Å². The van der Waals surface area contributed by atoms with Crippen molar-refractivity contribution in [1.29, 1.82) is 0 Å². The van der Waals surface area contributed by atoms with Gasteiger partial charge in [-0.15, -0.1) is 0 Å². The SMILES string of the molecule is CN(C)C1CCN(c2nc(N)nc3c2CCCc2ccccc2-3)CC1. The second-order valence-electron chi connectivity index (χ2n) is 7.43. The van der Waals surface area contributed by atoms with E-state index in [0.717, 1.165) is 43.9 Å². The number of aryl methyl sites for hydroxylation is 1. The van der Waals surface area contributed by atoms with Crippen LogP contribution in [-0.4, -0.2) is 48.1 Å². The second kappa shape index (κ2) is 6.64. The van der Waals surface area contributed by atoms with Gasteiger partial charge in [-0.1, -0.05) is 24.3 Å². The van der Waals surface area contributed by atoms with Crippen molar-refractivity contribution in [3.8, 4) is 11.3 Å². The highest BCUT2D eigenvalue weighted by molar-refractivity contribution is 5.74. The van der Waals surface area contributed by atoms with Crippen molar-refractivity contribution >= 4 is 11.8 Å². The maximum atomic E-state index is 6.12. The van der Waals surface area contributed by atoms with Gasteiger partial charge in [0.15, 0.2) is 0 Å². The third-order valence-electron chi connectivity index (χ3n) is 5.64. The van der Waals surface area contributed by atoms with Crippen molar-refractivity contribution < 1.29 is 0 Å². The van der Waals surface area contributed by atoms with Crippen molar-refractivity contribution in [3.05, 3.63) is 35.4 Å². The summed E-state index contributed by atoms with van der Waals surface area (Å²) < 4.78 is 0. The predicted molar refractivity (Wildman–Crippen MR) is 103 cm³/mol. The Morgan fingerprint density at radius 2 is 1.84 bits per heavy atom. The number of aromatic nitrogens is 2. The molecule has 0 bridgehead atoms. The molecule has 2 aliphatic rings. The molecule has 2 aromatic rings. The molecule has 25 heavy (non-hydrogen) atoms. The van der Waals surface area contributed by atoms with Gasteiger partial charge in [-0.2, -0.15) is 4.98 Å². The highest BCUT2D eigenvalue weighted by Gasteiger charge is 2.27. The Morgan fingerprint density at radius 1 is 1.08 bits per heavy atom. The number of nitrogens with zero attached hydrogens (tertiary/aromatic N) is 4. The molecule has 0 spiro atoms. The molecule has 1 saturated heterocycles. The zero-order chi connectivity index (χ0) is 17.4. The molecule has 1 aromatic carbocycles. The largest absolute Gasteiger partial charge is 0.368 e. The second-order valence-corrected chi connectivity index (χ2v) is 7.43. The Balaban J connectivity index is 1.73. The third kappa shape index (κ3) is 3.09. The van der Waals surface area contributed by atoms with Crippen LogP contribution in [0.3, 0.4) is 0 Å². The molecule has 1 aliphatic heterocycles. The number of hydrogen-bond acceptors (Lipinski definition) is 5. The minimum absolute atomic E-state index is 0.389. The Kier molecular flexibility index (Phi) is 4.34. The molecule has 5 nitrogen and oxygen atoms in total. The van der Waals surface area contributed by atoms with Gasteiger partial charge in [-0.25, -0.2) is 4.98 Å². The zero-order valence-corrected chi connectivity index (χ0v) is 15.2. The van der Waals surface area contributed by atoms with Gasteiger partial charge >= 0.3 is 0 Å². The Hall–Kier alpha value is -2.14. The van der Waals surface area contributed by atoms with Gasteiger partial charge in [0.2, 0.25) is 5.95 Å². The lowest BCUT2D eigenvalue weighted by Crippen LogP contribution is -2.42. The predicted octanol–water partition coefficient (Wildman–Crippen LogP) is 2.74. The van der Waals surface area contributed by atoms with Crippen LogP contribution in [0.4, 0.5) is 11.8 Å². The van der Waals surface area contributed by atoms with Crippen molar-refractivity contribution in [2.75, 3.05) is 37.8 Å². The van der Waals surface area contributed by atoms with Gasteiger partial charge in [0, 0.05) is 30.3 Å². The maximum Gasteiger partial charge on any atom is 0.222 e. The zero-order valence-electron chi connectivity index (χ0n) is 15.2. The highest BCUT2D eigenvalue weighted by Crippen LogP contribution is 2.36. The summed E-state index contributed by atoms with van der Waals surface area (Å²) in [6.07, 6.45) is 5.59. The highest BCUT2D eigenvalue weighted by atomic mass is 15.2. The summed E-state index contributed by atoms with van der Waals surface area (Å²) in [6, 6.07) is 9.25. The van der Waals surface area contributed by atoms with E-state index in [-0.39, 0.29) is 0 Å². The maximum absolute atomic E-state index is 6.12. The first-order chi connectivity index (χ1) is 12.1. The fourth-order valence-electron chi connectivity index (χ4n) is 4.22. The number of anilines is 2. The summed E-state index contributed by atoms with van der Waals surface area (Å²) in [6.45, 7) is 2.07. The van der Waals surface area contributed by atoms with Crippen LogP contribution in [0.1, 0.15) is 30.4 Å². The van der Waals surface area contributed by atoms with E-state index >= 15 is 0 Å². The molecule has 0 saturated carbocycles. The quantitative estimate of drug-likeness (QED) is 0.913. The monoisotopic (exact) mass is 337 g/mol. The standard InChI is InChI=1S/C20H27N5/c1-24(2)15-10-12-25(13-11-15)19-17-9-5-7-14-6-3-4-8-16(14)18(17)22-20(21)23-19/h3-4,6,8,15H,5,7,9-13H2,1-2H3,(H2,21,22,23). The van der Waals surface area contributed by atoms with Crippen LogP contribution < -0.4 is 10.6 Å². The van der Waals surface area contributed by atoms with Crippen LogP contribution in [-0.2, 0) is 12.8 Å². The van der Waals surface area contributed by atoms with Gasteiger partial charge in [-0.05, 0) is 51.8 Å². The molecule has 5 heteroatoms. The molecule has 2 N–H and O–H groups in total. The van der Waals surface area contributed by atoms with E-state index < -0.39 is 0 Å². The van der Waals surface area contributed by atoms with Crippen molar-refractivity contribution in [1.82, 2.24) is 14.9 Å². The van der Waals surface area contributed by atoms with Crippen LogP contribution in [0.2, 0.25) is 0 Å². The number of rotatable bonds is 2. The van der Waals surface area contributed by atoms with Gasteiger partial charge in [0.05, 0.1) is 5.69 Å². The van der Waals surface area contributed by atoms with Crippen molar-refractivity contribution in [2.45, 2.75) is 38.1 Å². The van der Waals surface area contributed by atoms with Crippen LogP contribution in [0.15, 0.2) is 24.3 Å². The molecular weight excluding hydrogens is 310 g/mol. The number of hydrogen-bond donors (Lipinski definition) is 1. The molecule has 0 unspecified atom stereocenters. The van der Waals surface area contributed by atoms with Crippen LogP contribution >= 0.6 is 0 Å².